The van der Waals surface area contributed by atoms with Crippen LogP contribution in [0.2, 0.25) is 0 Å². The molecule has 0 aromatic heterocycles. The molecule has 0 amide bonds. The molecular formula is C27H36F2N2O2. The standard InChI is InChI=1S/C27H36F2N2O2/c1-18(19-13-22(28)16-23(29)14-19)12-25(32)17-30-27(10-8-24(31-33)9-11-27)21-7-5-6-20(15-21)26(2,3)4/h5-7,13-16,18,24-25,30,32H,8-12,17H2,1-4H3. The largest absolute Gasteiger partial charge is 0.392 e. The van der Waals surface area contributed by atoms with E-state index >= 15 is 0 Å². The van der Waals surface area contributed by atoms with Gasteiger partial charge in [0.05, 0.1) is 12.1 Å². The van der Waals surface area contributed by atoms with Crippen molar-refractivity contribution in [2.24, 2.45) is 5.18 Å². The Hall–Kier alpha value is -2.18. The van der Waals surface area contributed by atoms with E-state index in [1.165, 1.54) is 17.7 Å². The highest BCUT2D eigenvalue weighted by Crippen LogP contribution is 2.39. The molecule has 0 bridgehead atoms. The first-order chi connectivity index (χ1) is 15.5. The molecule has 2 atom stereocenters. The molecule has 1 saturated carbocycles. The predicted octanol–water partition coefficient (Wildman–Crippen LogP) is 6.31. The molecule has 2 unspecified atom stereocenters. The van der Waals surface area contributed by atoms with Crippen molar-refractivity contribution in [3.05, 3.63) is 75.7 Å². The number of aliphatic hydroxyl groups is 1. The van der Waals surface area contributed by atoms with Gasteiger partial charge in [0.1, 0.15) is 11.6 Å². The van der Waals surface area contributed by atoms with Gasteiger partial charge in [0.2, 0.25) is 0 Å². The summed E-state index contributed by atoms with van der Waals surface area (Å²) in [7, 11) is 0. The van der Waals surface area contributed by atoms with Crippen molar-refractivity contribution in [1.82, 2.24) is 5.32 Å². The van der Waals surface area contributed by atoms with Gasteiger partial charge < -0.3 is 10.4 Å². The van der Waals surface area contributed by atoms with Gasteiger partial charge in [0, 0.05) is 18.2 Å². The highest BCUT2D eigenvalue weighted by molar-refractivity contribution is 5.34. The highest BCUT2D eigenvalue weighted by Gasteiger charge is 2.38. The molecule has 0 spiro atoms. The lowest BCUT2D eigenvalue weighted by Gasteiger charge is -2.41. The maximum absolute atomic E-state index is 13.6. The van der Waals surface area contributed by atoms with Gasteiger partial charge in [-0.2, -0.15) is 4.91 Å². The number of hydrogen-bond acceptors (Lipinski definition) is 4. The molecule has 6 heteroatoms. The second-order valence-corrected chi connectivity index (χ2v) is 10.6. The molecule has 33 heavy (non-hydrogen) atoms. The van der Waals surface area contributed by atoms with Gasteiger partial charge in [0.25, 0.3) is 0 Å². The Kier molecular flexibility index (Phi) is 8.01. The maximum Gasteiger partial charge on any atom is 0.126 e. The smallest absolute Gasteiger partial charge is 0.126 e. The van der Waals surface area contributed by atoms with E-state index in [-0.39, 0.29) is 22.9 Å². The minimum absolute atomic E-state index is 0.00787. The normalized spacial score (nSPS) is 23.2. The van der Waals surface area contributed by atoms with E-state index in [0.717, 1.165) is 24.5 Å². The van der Waals surface area contributed by atoms with Crippen molar-refractivity contribution in [2.75, 3.05) is 6.54 Å². The maximum atomic E-state index is 13.6. The van der Waals surface area contributed by atoms with Crippen LogP contribution in [-0.2, 0) is 11.0 Å². The van der Waals surface area contributed by atoms with Crippen molar-refractivity contribution < 1.29 is 13.9 Å². The first kappa shape index (κ1) is 25.4. The lowest BCUT2D eigenvalue weighted by atomic mass is 9.73. The van der Waals surface area contributed by atoms with E-state index < -0.39 is 17.7 Å². The van der Waals surface area contributed by atoms with E-state index in [1.807, 2.05) is 6.92 Å². The Balaban J connectivity index is 1.75. The zero-order valence-electron chi connectivity index (χ0n) is 20.1. The zero-order chi connectivity index (χ0) is 24.2. The van der Waals surface area contributed by atoms with E-state index in [1.54, 1.807) is 0 Å². The summed E-state index contributed by atoms with van der Waals surface area (Å²) >= 11 is 0. The van der Waals surface area contributed by atoms with Crippen LogP contribution < -0.4 is 5.32 Å². The lowest BCUT2D eigenvalue weighted by Crippen LogP contribution is -2.48. The molecule has 2 N–H and O–H groups in total. The fourth-order valence-electron chi connectivity index (χ4n) is 4.85. The Bertz CT molecular complexity index is 929. The van der Waals surface area contributed by atoms with Gasteiger partial charge in [-0.05, 0) is 72.3 Å². The average Bonchev–Trinajstić information content (AvgIpc) is 2.77. The monoisotopic (exact) mass is 458 g/mol. The van der Waals surface area contributed by atoms with Gasteiger partial charge >= 0.3 is 0 Å². The van der Waals surface area contributed by atoms with Crippen molar-refractivity contribution in [3.8, 4) is 0 Å². The summed E-state index contributed by atoms with van der Waals surface area (Å²) in [5, 5.41) is 17.6. The number of aliphatic hydroxyl groups excluding tert-OH is 1. The number of halogens is 2. The highest BCUT2D eigenvalue weighted by atomic mass is 19.1. The molecular weight excluding hydrogens is 422 g/mol. The fourth-order valence-corrected chi connectivity index (χ4v) is 4.85. The number of benzene rings is 2. The van der Waals surface area contributed by atoms with Crippen molar-refractivity contribution in [2.45, 2.75) is 88.8 Å². The van der Waals surface area contributed by atoms with Gasteiger partial charge in [-0.25, -0.2) is 8.78 Å². The summed E-state index contributed by atoms with van der Waals surface area (Å²) < 4.78 is 27.2. The van der Waals surface area contributed by atoms with Crippen LogP contribution in [0.4, 0.5) is 8.78 Å². The summed E-state index contributed by atoms with van der Waals surface area (Å²) in [6.07, 6.45) is 2.61. The molecule has 0 heterocycles. The predicted molar refractivity (Wildman–Crippen MR) is 128 cm³/mol. The van der Waals surface area contributed by atoms with Crippen LogP contribution in [0.15, 0.2) is 47.6 Å². The van der Waals surface area contributed by atoms with Gasteiger partial charge in [-0.3, -0.25) is 0 Å². The molecule has 4 nitrogen and oxygen atoms in total. The molecule has 1 fully saturated rings. The average molecular weight is 459 g/mol. The molecule has 0 radical (unpaired) electrons. The zero-order valence-corrected chi connectivity index (χ0v) is 20.1. The third-order valence-electron chi connectivity index (χ3n) is 6.99. The molecule has 0 saturated heterocycles. The Morgan fingerprint density at radius 1 is 1.12 bits per heavy atom. The summed E-state index contributed by atoms with van der Waals surface area (Å²) in [4.78, 5) is 11.1. The first-order valence-corrected chi connectivity index (χ1v) is 11.8. The molecule has 3 rings (SSSR count). The van der Waals surface area contributed by atoms with Gasteiger partial charge in [0.15, 0.2) is 0 Å². The molecule has 1 aliphatic rings. The minimum atomic E-state index is -0.684. The van der Waals surface area contributed by atoms with Crippen molar-refractivity contribution in [3.63, 3.8) is 0 Å². The Labute approximate surface area is 195 Å². The SMILES string of the molecule is CC(CC(O)CNC1(c2cccc(C(C)(C)C)c2)CCC(N=O)CC1)c1cc(F)cc(F)c1. The molecule has 1 aliphatic carbocycles. The fraction of sp³-hybridized carbons (Fsp3) is 0.556. The van der Waals surface area contributed by atoms with E-state index in [4.69, 9.17) is 0 Å². The van der Waals surface area contributed by atoms with Crippen molar-refractivity contribution >= 4 is 0 Å². The summed E-state index contributed by atoms with van der Waals surface area (Å²) in [5.41, 5.74) is 2.59. The summed E-state index contributed by atoms with van der Waals surface area (Å²) in [6, 6.07) is 11.9. The van der Waals surface area contributed by atoms with Crippen LogP contribution >= 0.6 is 0 Å². The molecule has 180 valence electrons. The van der Waals surface area contributed by atoms with Crippen LogP contribution in [0.1, 0.15) is 82.4 Å². The Morgan fingerprint density at radius 2 is 1.76 bits per heavy atom. The van der Waals surface area contributed by atoms with Gasteiger partial charge in [-0.15, -0.1) is 0 Å². The van der Waals surface area contributed by atoms with Crippen LogP contribution in [-0.4, -0.2) is 23.8 Å². The number of nitrogens with one attached hydrogen (secondary N) is 1. The number of nitroso groups, excluding NO2 is 1. The number of rotatable bonds is 8. The molecule has 2 aromatic carbocycles. The second-order valence-electron chi connectivity index (χ2n) is 10.6. The third-order valence-corrected chi connectivity index (χ3v) is 6.99. The second kappa shape index (κ2) is 10.4. The minimum Gasteiger partial charge on any atom is -0.392 e. The summed E-state index contributed by atoms with van der Waals surface area (Å²) in [5.74, 6) is -1.41. The van der Waals surface area contributed by atoms with E-state index in [0.29, 0.717) is 31.4 Å². The first-order valence-electron chi connectivity index (χ1n) is 11.8. The molecule has 0 aliphatic heterocycles. The quantitative estimate of drug-likeness (QED) is 0.456. The van der Waals surface area contributed by atoms with Crippen LogP contribution in [0, 0.1) is 16.5 Å². The van der Waals surface area contributed by atoms with Crippen LogP contribution in [0.5, 0.6) is 0 Å². The Morgan fingerprint density at radius 3 is 2.33 bits per heavy atom. The van der Waals surface area contributed by atoms with Crippen LogP contribution in [0.3, 0.4) is 0 Å². The van der Waals surface area contributed by atoms with E-state index in [2.05, 4.69) is 55.5 Å². The molecule has 2 aromatic rings. The van der Waals surface area contributed by atoms with Gasteiger partial charge in [-0.1, -0.05) is 57.1 Å². The third kappa shape index (κ3) is 6.45. The van der Waals surface area contributed by atoms with E-state index in [9.17, 15) is 18.8 Å². The lowest BCUT2D eigenvalue weighted by molar-refractivity contribution is 0.124. The van der Waals surface area contributed by atoms with Crippen molar-refractivity contribution in [1.29, 1.82) is 0 Å². The topological polar surface area (TPSA) is 61.7 Å². The number of hydrogen-bond donors (Lipinski definition) is 2. The number of nitrogens with zero attached hydrogens (tertiary/aromatic N) is 1. The summed E-state index contributed by atoms with van der Waals surface area (Å²) in [6.45, 7) is 8.75. The van der Waals surface area contributed by atoms with Crippen LogP contribution in [0.25, 0.3) is 0 Å².